The standard InChI is InChI=1S/C16H36N.C4H9FNSi/c1-5-9-13-17(14-10-6-2,15-11-7-3)16-12-8-4;1-7(2,3,5)4-6/h5-16H2,1-4H3;1-3H3/q+1;-1. The first-order chi connectivity index (χ1) is 11.1. The van der Waals surface area contributed by atoms with Gasteiger partial charge in [0, 0.05) is 0 Å². The molecule has 0 aromatic rings. The molecule has 0 spiro atoms. The molecule has 4 heteroatoms. The average molecular weight is 361 g/mol. The van der Waals surface area contributed by atoms with Gasteiger partial charge in [0.15, 0.2) is 0 Å². The van der Waals surface area contributed by atoms with E-state index < -0.39 is 7.68 Å². The first kappa shape index (κ1) is 25.8. The Hall–Kier alpha value is -0.403. The molecule has 0 unspecified atom stereocenters. The van der Waals surface area contributed by atoms with Gasteiger partial charge >= 0.3 is 42.4 Å². The maximum absolute atomic E-state index is 12.6. The number of quaternary nitrogens is 1. The van der Waals surface area contributed by atoms with Crippen molar-refractivity contribution < 1.29 is 8.59 Å². The van der Waals surface area contributed by atoms with Gasteiger partial charge in [-0.25, -0.2) is 0 Å². The third kappa shape index (κ3) is 16.5. The molecule has 146 valence electrons. The van der Waals surface area contributed by atoms with Crippen molar-refractivity contribution in [2.24, 2.45) is 0 Å². The van der Waals surface area contributed by atoms with E-state index in [1.54, 1.807) is 5.69 Å². The molecule has 0 saturated heterocycles. The number of hydrogen-bond donors (Lipinski definition) is 0. The molecule has 0 heterocycles. The van der Waals surface area contributed by atoms with Crippen molar-refractivity contribution in [3.63, 3.8) is 0 Å². The molecule has 0 fully saturated rings. The minimum atomic E-state index is -3.48. The predicted molar refractivity (Wildman–Crippen MR) is 109 cm³/mol. The van der Waals surface area contributed by atoms with Gasteiger partial charge in [0.25, 0.3) is 0 Å². The van der Waals surface area contributed by atoms with Crippen molar-refractivity contribution in [1.29, 1.82) is 5.26 Å². The summed E-state index contributed by atoms with van der Waals surface area (Å²) in [6, 6.07) is 0. The molecule has 2 nitrogen and oxygen atoms in total. The first-order valence-corrected chi connectivity index (χ1v) is 14.1. The molecular formula is C20H45FN2Si. The molecule has 0 atom stereocenters. The van der Waals surface area contributed by atoms with Crippen LogP contribution in [0.15, 0.2) is 0 Å². The molecule has 0 aromatic heterocycles. The van der Waals surface area contributed by atoms with Crippen molar-refractivity contribution in [3.8, 4) is 5.69 Å². The number of nitriles is 1. The van der Waals surface area contributed by atoms with Gasteiger partial charge in [-0.3, -0.25) is 0 Å². The second kappa shape index (κ2) is 12.9. The quantitative estimate of drug-likeness (QED) is 0.213. The summed E-state index contributed by atoms with van der Waals surface area (Å²) in [6.07, 6.45) is 11.1. The van der Waals surface area contributed by atoms with Crippen LogP contribution in [-0.4, -0.2) is 38.3 Å². The van der Waals surface area contributed by atoms with E-state index in [0.717, 1.165) is 0 Å². The van der Waals surface area contributed by atoms with Crippen molar-refractivity contribution >= 4 is 7.68 Å². The number of unbranched alkanes of at least 4 members (excludes halogenated alkanes) is 4. The molecule has 24 heavy (non-hydrogen) atoms. The Kier molecular flexibility index (Phi) is 13.9. The molecule has 0 aromatic carbocycles. The molecular weight excluding hydrogens is 315 g/mol. The van der Waals surface area contributed by atoms with Crippen molar-refractivity contribution in [2.75, 3.05) is 26.2 Å². The Balaban J connectivity index is 0. The number of halogens is 1. The zero-order valence-corrected chi connectivity index (χ0v) is 18.8. The van der Waals surface area contributed by atoms with Gasteiger partial charge in [-0.05, 0) is 25.7 Å². The van der Waals surface area contributed by atoms with Gasteiger partial charge in [-0.15, -0.1) is 0 Å². The fourth-order valence-electron chi connectivity index (χ4n) is 2.64. The van der Waals surface area contributed by atoms with Crippen molar-refractivity contribution in [1.82, 2.24) is 0 Å². The summed E-state index contributed by atoms with van der Waals surface area (Å²) in [5.41, 5.74) is 1.67. The SMILES string of the molecule is CCCC[N+](CCCC)(CCCC)CCCC.C[Si-](C)(C)(F)C#N. The van der Waals surface area contributed by atoms with E-state index in [2.05, 4.69) is 27.7 Å². The van der Waals surface area contributed by atoms with Crippen LogP contribution in [-0.2, 0) is 0 Å². The van der Waals surface area contributed by atoms with Crippen molar-refractivity contribution in [2.45, 2.75) is 98.7 Å². The van der Waals surface area contributed by atoms with E-state index in [9.17, 15) is 4.11 Å². The Labute approximate surface area is 152 Å². The van der Waals surface area contributed by atoms with E-state index in [1.165, 1.54) is 102 Å². The van der Waals surface area contributed by atoms with Gasteiger partial charge in [0.1, 0.15) is 0 Å². The molecule has 0 aliphatic rings. The van der Waals surface area contributed by atoms with Crippen LogP contribution in [0.25, 0.3) is 0 Å². The summed E-state index contributed by atoms with van der Waals surface area (Å²) in [6.45, 7) is 19.2. The zero-order chi connectivity index (χ0) is 19.1. The molecule has 0 N–H and O–H groups in total. The Morgan fingerprint density at radius 3 is 1.04 bits per heavy atom. The summed E-state index contributed by atoms with van der Waals surface area (Å²) < 4.78 is 14.0. The van der Waals surface area contributed by atoms with Gasteiger partial charge in [-0.2, -0.15) is 0 Å². The second-order valence-electron chi connectivity index (χ2n) is 8.67. The molecule has 0 saturated carbocycles. The van der Waals surface area contributed by atoms with Crippen LogP contribution in [0.4, 0.5) is 4.11 Å². The van der Waals surface area contributed by atoms with Gasteiger partial charge < -0.3 is 4.48 Å². The van der Waals surface area contributed by atoms with E-state index in [-0.39, 0.29) is 0 Å². The number of rotatable bonds is 12. The van der Waals surface area contributed by atoms with Crippen LogP contribution in [0.3, 0.4) is 0 Å². The van der Waals surface area contributed by atoms with E-state index in [4.69, 9.17) is 5.26 Å². The monoisotopic (exact) mass is 360 g/mol. The van der Waals surface area contributed by atoms with Crippen LogP contribution in [0.5, 0.6) is 0 Å². The van der Waals surface area contributed by atoms with E-state index in [0.29, 0.717) is 0 Å². The molecule has 0 bridgehead atoms. The predicted octanol–water partition coefficient (Wildman–Crippen LogP) is 6.81. The molecule has 0 aliphatic carbocycles. The zero-order valence-electron chi connectivity index (χ0n) is 17.8. The maximum atomic E-state index is 12.6. The van der Waals surface area contributed by atoms with Crippen LogP contribution < -0.4 is 0 Å². The third-order valence-corrected chi connectivity index (χ3v) is 5.08. The average Bonchev–Trinajstić information content (AvgIpc) is 2.53. The van der Waals surface area contributed by atoms with Gasteiger partial charge in [0.05, 0.1) is 26.2 Å². The normalized spacial score (nSPS) is 13.4. The molecule has 0 rings (SSSR count). The number of hydrogen-bond acceptors (Lipinski definition) is 1. The topological polar surface area (TPSA) is 23.8 Å². The second-order valence-corrected chi connectivity index (χ2v) is 14.7. The first-order valence-electron chi connectivity index (χ1n) is 10.3. The van der Waals surface area contributed by atoms with Crippen LogP contribution in [0.2, 0.25) is 19.6 Å². The van der Waals surface area contributed by atoms with E-state index >= 15 is 0 Å². The van der Waals surface area contributed by atoms with Crippen LogP contribution in [0.1, 0.15) is 79.1 Å². The summed E-state index contributed by atoms with van der Waals surface area (Å²) >= 11 is 0. The minimum absolute atomic E-state index is 1.35. The number of nitrogens with zero attached hydrogens (tertiary/aromatic N) is 2. The van der Waals surface area contributed by atoms with E-state index in [1.807, 2.05) is 0 Å². The van der Waals surface area contributed by atoms with Crippen molar-refractivity contribution in [3.05, 3.63) is 0 Å². The summed E-state index contributed by atoms with van der Waals surface area (Å²) in [7, 11) is -3.48. The molecule has 0 aliphatic heterocycles. The Morgan fingerprint density at radius 2 is 0.917 bits per heavy atom. The van der Waals surface area contributed by atoms with Crippen LogP contribution >= 0.6 is 0 Å². The Morgan fingerprint density at radius 1 is 0.708 bits per heavy atom. The van der Waals surface area contributed by atoms with Gasteiger partial charge in [-0.1, -0.05) is 53.4 Å². The van der Waals surface area contributed by atoms with Crippen LogP contribution in [0, 0.1) is 11.0 Å². The summed E-state index contributed by atoms with van der Waals surface area (Å²) in [5, 5.41) is 8.10. The van der Waals surface area contributed by atoms with Gasteiger partial charge in [0.2, 0.25) is 0 Å². The fraction of sp³-hybridized carbons (Fsp3) is 0.950. The summed E-state index contributed by atoms with van der Waals surface area (Å²) in [5.74, 6) is 0. The Bertz CT molecular complexity index is 295. The third-order valence-electron chi connectivity index (χ3n) is 4.32. The molecule has 0 amide bonds. The summed E-state index contributed by atoms with van der Waals surface area (Å²) in [4.78, 5) is 0. The fourth-order valence-corrected chi connectivity index (χ4v) is 2.64. The molecule has 0 radical (unpaired) electrons.